The van der Waals surface area contributed by atoms with Crippen molar-refractivity contribution in [2.75, 3.05) is 19.6 Å². The van der Waals surface area contributed by atoms with Crippen LogP contribution >= 0.6 is 0 Å². The fourth-order valence-corrected chi connectivity index (χ4v) is 1.16. The average molecular weight is 167 g/mol. The van der Waals surface area contributed by atoms with E-state index in [4.69, 9.17) is 5.11 Å². The van der Waals surface area contributed by atoms with Crippen LogP contribution in [0.15, 0.2) is 24.3 Å². The van der Waals surface area contributed by atoms with Gasteiger partial charge in [-0.25, -0.2) is 4.79 Å². The molecule has 3 nitrogen and oxygen atoms in total. The molecule has 0 aliphatic carbocycles. The molecule has 0 fully saturated rings. The van der Waals surface area contributed by atoms with Crippen LogP contribution in [-0.4, -0.2) is 35.6 Å². The zero-order valence-electron chi connectivity index (χ0n) is 6.94. The lowest BCUT2D eigenvalue weighted by Crippen LogP contribution is -2.27. The van der Waals surface area contributed by atoms with Crippen molar-refractivity contribution in [3.8, 4) is 0 Å². The van der Waals surface area contributed by atoms with E-state index in [1.807, 2.05) is 0 Å². The number of rotatable bonds is 3. The van der Waals surface area contributed by atoms with Crippen LogP contribution in [0.25, 0.3) is 0 Å². The second-order valence-corrected chi connectivity index (χ2v) is 2.76. The summed E-state index contributed by atoms with van der Waals surface area (Å²) in [6.07, 6.45) is 8.20. The van der Waals surface area contributed by atoms with Crippen LogP contribution in [0.5, 0.6) is 0 Å². The Labute approximate surface area is 72.0 Å². The molecule has 1 rings (SSSR count). The first kappa shape index (κ1) is 9.00. The monoisotopic (exact) mass is 167 g/mol. The summed E-state index contributed by atoms with van der Waals surface area (Å²) in [6, 6.07) is 0. The van der Waals surface area contributed by atoms with Crippen molar-refractivity contribution < 1.29 is 9.90 Å². The molecular formula is C9H13NO2. The van der Waals surface area contributed by atoms with E-state index in [1.54, 1.807) is 6.08 Å². The highest BCUT2D eigenvalue weighted by molar-refractivity contribution is 5.79. The number of nitrogens with zero attached hydrogens (tertiary/aromatic N) is 1. The van der Waals surface area contributed by atoms with Gasteiger partial charge < -0.3 is 5.11 Å². The summed E-state index contributed by atoms with van der Waals surface area (Å²) < 4.78 is 0. The van der Waals surface area contributed by atoms with Gasteiger partial charge in [-0.2, -0.15) is 0 Å². The summed E-state index contributed by atoms with van der Waals surface area (Å²) in [5.41, 5.74) is 0. The minimum absolute atomic E-state index is 0.733. The third-order valence-corrected chi connectivity index (χ3v) is 1.77. The molecule has 3 heteroatoms. The summed E-state index contributed by atoms with van der Waals surface area (Å²) in [5.74, 6) is -0.873. The van der Waals surface area contributed by atoms with Crippen LogP contribution in [0.2, 0.25) is 0 Å². The van der Waals surface area contributed by atoms with Crippen molar-refractivity contribution in [2.45, 2.75) is 6.42 Å². The van der Waals surface area contributed by atoms with E-state index in [-0.39, 0.29) is 0 Å². The Bertz CT molecular complexity index is 209. The van der Waals surface area contributed by atoms with Gasteiger partial charge in [-0.1, -0.05) is 18.2 Å². The number of carboxylic acids is 1. The van der Waals surface area contributed by atoms with Crippen LogP contribution < -0.4 is 0 Å². The van der Waals surface area contributed by atoms with Crippen LogP contribution in [-0.2, 0) is 4.79 Å². The van der Waals surface area contributed by atoms with Gasteiger partial charge in [0.25, 0.3) is 0 Å². The number of aliphatic carboxylic acids is 1. The molecule has 0 spiro atoms. The first-order valence-corrected chi connectivity index (χ1v) is 4.06. The zero-order valence-corrected chi connectivity index (χ0v) is 6.94. The SMILES string of the molecule is O=C(O)C=CCN1CC=CCC1. The zero-order chi connectivity index (χ0) is 8.81. The molecule has 0 saturated heterocycles. The number of carbonyl (C=O) groups is 1. The molecule has 0 unspecified atom stereocenters. The van der Waals surface area contributed by atoms with Crippen LogP contribution in [0.3, 0.4) is 0 Å². The lowest BCUT2D eigenvalue weighted by atomic mass is 10.2. The van der Waals surface area contributed by atoms with Crippen LogP contribution in [0.1, 0.15) is 6.42 Å². The maximum absolute atomic E-state index is 10.1. The Kier molecular flexibility index (Phi) is 3.54. The second kappa shape index (κ2) is 4.72. The molecule has 1 aliphatic heterocycles. The summed E-state index contributed by atoms with van der Waals surface area (Å²) >= 11 is 0. The van der Waals surface area contributed by atoms with E-state index in [9.17, 15) is 4.79 Å². The van der Waals surface area contributed by atoms with E-state index in [0.29, 0.717) is 0 Å². The highest BCUT2D eigenvalue weighted by Crippen LogP contribution is 1.99. The predicted octanol–water partition coefficient (Wildman–Crippen LogP) is 0.889. The quantitative estimate of drug-likeness (QED) is 0.501. The Hall–Kier alpha value is -1.09. The van der Waals surface area contributed by atoms with E-state index >= 15 is 0 Å². The lowest BCUT2D eigenvalue weighted by molar-refractivity contribution is -0.131. The molecule has 0 aromatic heterocycles. The van der Waals surface area contributed by atoms with Crippen molar-refractivity contribution in [1.82, 2.24) is 4.90 Å². The van der Waals surface area contributed by atoms with Gasteiger partial charge in [0.2, 0.25) is 0 Å². The molecule has 0 amide bonds. The molecule has 1 heterocycles. The highest BCUT2D eigenvalue weighted by Gasteiger charge is 2.02. The Balaban J connectivity index is 2.22. The summed E-state index contributed by atoms with van der Waals surface area (Å²) in [7, 11) is 0. The molecule has 12 heavy (non-hydrogen) atoms. The second-order valence-electron chi connectivity index (χ2n) is 2.76. The fraction of sp³-hybridized carbons (Fsp3) is 0.444. The van der Waals surface area contributed by atoms with Gasteiger partial charge in [-0.05, 0) is 6.42 Å². The van der Waals surface area contributed by atoms with Gasteiger partial charge in [0, 0.05) is 25.7 Å². The molecule has 0 aromatic rings. The summed E-state index contributed by atoms with van der Waals surface area (Å²) in [6.45, 7) is 2.70. The first-order valence-electron chi connectivity index (χ1n) is 4.06. The molecule has 0 saturated carbocycles. The van der Waals surface area contributed by atoms with Gasteiger partial charge in [-0.15, -0.1) is 0 Å². The molecule has 66 valence electrons. The Morgan fingerprint density at radius 1 is 1.58 bits per heavy atom. The molecule has 0 atom stereocenters. The van der Waals surface area contributed by atoms with Gasteiger partial charge in [-0.3, -0.25) is 4.90 Å². The van der Waals surface area contributed by atoms with E-state index in [0.717, 1.165) is 26.1 Å². The summed E-state index contributed by atoms with van der Waals surface area (Å²) in [4.78, 5) is 12.3. The van der Waals surface area contributed by atoms with Gasteiger partial charge in [0.15, 0.2) is 0 Å². The predicted molar refractivity (Wildman–Crippen MR) is 47.0 cm³/mol. The highest BCUT2D eigenvalue weighted by atomic mass is 16.4. The van der Waals surface area contributed by atoms with Gasteiger partial charge >= 0.3 is 5.97 Å². The molecule has 0 radical (unpaired) electrons. The fourth-order valence-electron chi connectivity index (χ4n) is 1.16. The largest absolute Gasteiger partial charge is 0.478 e. The molecule has 0 aromatic carbocycles. The number of hydrogen-bond donors (Lipinski definition) is 1. The topological polar surface area (TPSA) is 40.5 Å². The van der Waals surface area contributed by atoms with Gasteiger partial charge in [0.1, 0.15) is 0 Å². The number of hydrogen-bond acceptors (Lipinski definition) is 2. The minimum atomic E-state index is -0.873. The normalized spacial score (nSPS) is 18.7. The third-order valence-electron chi connectivity index (χ3n) is 1.77. The maximum Gasteiger partial charge on any atom is 0.328 e. The van der Waals surface area contributed by atoms with E-state index in [1.165, 1.54) is 6.08 Å². The van der Waals surface area contributed by atoms with Gasteiger partial charge in [0.05, 0.1) is 0 Å². The summed E-state index contributed by atoms with van der Waals surface area (Å²) in [5, 5.41) is 8.32. The third kappa shape index (κ3) is 3.34. The molecule has 1 N–H and O–H groups in total. The van der Waals surface area contributed by atoms with Crippen molar-refractivity contribution >= 4 is 5.97 Å². The van der Waals surface area contributed by atoms with Crippen LogP contribution in [0, 0.1) is 0 Å². The maximum atomic E-state index is 10.1. The van der Waals surface area contributed by atoms with E-state index < -0.39 is 5.97 Å². The minimum Gasteiger partial charge on any atom is -0.478 e. The van der Waals surface area contributed by atoms with Crippen molar-refractivity contribution in [3.63, 3.8) is 0 Å². The smallest absolute Gasteiger partial charge is 0.328 e. The molecule has 1 aliphatic rings. The van der Waals surface area contributed by atoms with Crippen molar-refractivity contribution in [3.05, 3.63) is 24.3 Å². The molecular weight excluding hydrogens is 154 g/mol. The van der Waals surface area contributed by atoms with E-state index in [2.05, 4.69) is 17.1 Å². The van der Waals surface area contributed by atoms with Crippen LogP contribution in [0.4, 0.5) is 0 Å². The lowest BCUT2D eigenvalue weighted by Gasteiger charge is -2.20. The van der Waals surface area contributed by atoms with Crippen molar-refractivity contribution in [2.24, 2.45) is 0 Å². The first-order chi connectivity index (χ1) is 5.79. The Morgan fingerprint density at radius 3 is 3.00 bits per heavy atom. The Morgan fingerprint density at radius 2 is 2.42 bits per heavy atom. The average Bonchev–Trinajstić information content (AvgIpc) is 2.05. The molecule has 0 bridgehead atoms. The standard InChI is InChI=1S/C9H13NO2/c11-9(12)5-4-8-10-6-2-1-3-7-10/h1-2,4-5H,3,6-8H2,(H,11,12). The van der Waals surface area contributed by atoms with Crippen molar-refractivity contribution in [1.29, 1.82) is 0 Å². The number of carboxylic acid groups (broad SMARTS) is 1.